The highest BCUT2D eigenvalue weighted by Crippen LogP contribution is 2.25. The lowest BCUT2D eigenvalue weighted by molar-refractivity contribution is -0.138. The number of fused-ring (bicyclic) bond motifs is 2. The lowest BCUT2D eigenvalue weighted by atomic mass is 9.99. The van der Waals surface area contributed by atoms with E-state index >= 15 is 0 Å². The lowest BCUT2D eigenvalue weighted by Gasteiger charge is -2.31. The molecule has 0 unspecified atom stereocenters. The Bertz CT molecular complexity index is 1310. The number of amides is 1. The Kier molecular flexibility index (Phi) is 5.84. The Morgan fingerprint density at radius 1 is 1.00 bits per heavy atom. The third kappa shape index (κ3) is 4.76. The van der Waals surface area contributed by atoms with E-state index in [4.69, 9.17) is 21.1 Å². The van der Waals surface area contributed by atoms with Crippen molar-refractivity contribution >= 4 is 28.5 Å². The van der Waals surface area contributed by atoms with E-state index in [0.717, 1.165) is 6.42 Å². The van der Waals surface area contributed by atoms with Gasteiger partial charge < -0.3 is 14.4 Å². The van der Waals surface area contributed by atoms with Gasteiger partial charge in [-0.2, -0.15) is 0 Å². The Morgan fingerprint density at radius 3 is 2.58 bits per heavy atom. The zero-order valence-corrected chi connectivity index (χ0v) is 18.8. The van der Waals surface area contributed by atoms with Crippen LogP contribution in [0.4, 0.5) is 0 Å². The molecule has 0 saturated heterocycles. The molecule has 0 bridgehead atoms. The SMILES string of the molecule is C[C@@H](Oc1ccc(Oc2cnc3cc(Cl)ccc3n2)cc1)C(=O)N1CCc2ccccc2C1. The summed E-state index contributed by atoms with van der Waals surface area (Å²) in [5.74, 6) is 1.56. The molecule has 0 radical (unpaired) electrons. The third-order valence-corrected chi connectivity index (χ3v) is 5.87. The molecule has 4 aromatic rings. The van der Waals surface area contributed by atoms with Crippen LogP contribution in [0.2, 0.25) is 5.02 Å². The molecule has 0 aliphatic carbocycles. The lowest BCUT2D eigenvalue weighted by Crippen LogP contribution is -2.43. The fourth-order valence-corrected chi connectivity index (χ4v) is 4.08. The van der Waals surface area contributed by atoms with Crippen molar-refractivity contribution in [3.05, 3.63) is 89.1 Å². The van der Waals surface area contributed by atoms with Crippen molar-refractivity contribution in [2.45, 2.75) is 26.0 Å². The van der Waals surface area contributed by atoms with E-state index in [1.807, 2.05) is 17.0 Å². The van der Waals surface area contributed by atoms with Gasteiger partial charge in [0, 0.05) is 18.1 Å². The molecule has 1 aliphatic rings. The molecule has 0 fully saturated rings. The highest BCUT2D eigenvalue weighted by atomic mass is 35.5. The normalized spacial score (nSPS) is 13.9. The van der Waals surface area contributed by atoms with Crippen LogP contribution < -0.4 is 9.47 Å². The second-order valence-electron chi connectivity index (χ2n) is 7.95. The number of ether oxygens (including phenoxy) is 2. The molecular formula is C26H22ClN3O3. The van der Waals surface area contributed by atoms with E-state index in [1.165, 1.54) is 11.1 Å². The molecule has 1 aliphatic heterocycles. The van der Waals surface area contributed by atoms with Gasteiger partial charge in [-0.15, -0.1) is 0 Å². The predicted octanol–water partition coefficient (Wildman–Crippen LogP) is 5.43. The van der Waals surface area contributed by atoms with E-state index < -0.39 is 6.10 Å². The largest absolute Gasteiger partial charge is 0.481 e. The quantitative estimate of drug-likeness (QED) is 0.398. The zero-order valence-electron chi connectivity index (χ0n) is 18.1. The van der Waals surface area contributed by atoms with E-state index in [-0.39, 0.29) is 5.91 Å². The number of halogens is 1. The number of rotatable bonds is 5. The van der Waals surface area contributed by atoms with Crippen molar-refractivity contribution in [3.8, 4) is 17.4 Å². The smallest absolute Gasteiger partial charge is 0.263 e. The maximum atomic E-state index is 12.9. The van der Waals surface area contributed by atoms with Crippen molar-refractivity contribution in [1.29, 1.82) is 0 Å². The fraction of sp³-hybridized carbons (Fsp3) is 0.192. The molecule has 1 amide bonds. The number of aromatic nitrogens is 2. The van der Waals surface area contributed by atoms with Crippen LogP contribution in [0.1, 0.15) is 18.1 Å². The highest BCUT2D eigenvalue weighted by Gasteiger charge is 2.25. The standard InChI is InChI=1S/C26H22ClN3O3/c1-17(26(31)30-13-12-18-4-2-3-5-19(18)16-30)32-21-7-9-22(10-8-21)33-25-15-28-24-14-20(27)6-11-23(24)29-25/h2-11,14-15,17H,12-13,16H2,1H3/t17-/m1/s1. The number of hydrogen-bond acceptors (Lipinski definition) is 5. The summed E-state index contributed by atoms with van der Waals surface area (Å²) in [5, 5.41) is 0.610. The van der Waals surface area contributed by atoms with Gasteiger partial charge in [-0.25, -0.2) is 9.97 Å². The molecule has 1 atom stereocenters. The van der Waals surface area contributed by atoms with E-state index in [9.17, 15) is 4.79 Å². The maximum absolute atomic E-state index is 12.9. The van der Waals surface area contributed by atoms with Crippen molar-refractivity contribution < 1.29 is 14.3 Å². The molecule has 33 heavy (non-hydrogen) atoms. The molecule has 3 aromatic carbocycles. The van der Waals surface area contributed by atoms with Gasteiger partial charge in [0.15, 0.2) is 6.10 Å². The molecule has 0 N–H and O–H groups in total. The van der Waals surface area contributed by atoms with Gasteiger partial charge in [-0.1, -0.05) is 35.9 Å². The Morgan fingerprint density at radius 2 is 1.76 bits per heavy atom. The summed E-state index contributed by atoms with van der Waals surface area (Å²) in [5.41, 5.74) is 3.91. The molecule has 1 aromatic heterocycles. The predicted molar refractivity (Wildman–Crippen MR) is 127 cm³/mol. The first kappa shape index (κ1) is 21.2. The van der Waals surface area contributed by atoms with Gasteiger partial charge in [0.25, 0.3) is 5.91 Å². The van der Waals surface area contributed by atoms with Crippen LogP contribution in [-0.2, 0) is 17.8 Å². The number of carbonyl (C=O) groups is 1. The first-order valence-corrected chi connectivity index (χ1v) is 11.2. The second-order valence-corrected chi connectivity index (χ2v) is 8.39. The fourth-order valence-electron chi connectivity index (χ4n) is 3.92. The molecule has 0 saturated carbocycles. The van der Waals surface area contributed by atoms with Gasteiger partial charge in [0.1, 0.15) is 11.5 Å². The number of benzene rings is 3. The van der Waals surface area contributed by atoms with Gasteiger partial charge >= 0.3 is 0 Å². The average molecular weight is 460 g/mol. The molecule has 0 spiro atoms. The van der Waals surface area contributed by atoms with Crippen molar-refractivity contribution in [2.75, 3.05) is 6.54 Å². The highest BCUT2D eigenvalue weighted by molar-refractivity contribution is 6.31. The van der Waals surface area contributed by atoms with Crippen LogP contribution >= 0.6 is 11.6 Å². The van der Waals surface area contributed by atoms with Crippen molar-refractivity contribution in [2.24, 2.45) is 0 Å². The first-order valence-electron chi connectivity index (χ1n) is 10.8. The molecule has 166 valence electrons. The summed E-state index contributed by atoms with van der Waals surface area (Å²) in [6.45, 7) is 3.11. The van der Waals surface area contributed by atoms with Gasteiger partial charge in [0.05, 0.1) is 17.2 Å². The van der Waals surface area contributed by atoms with Crippen LogP contribution in [0.15, 0.2) is 72.9 Å². The molecule has 7 heteroatoms. The minimum Gasteiger partial charge on any atom is -0.481 e. The first-order chi connectivity index (χ1) is 16.0. The third-order valence-electron chi connectivity index (χ3n) is 5.63. The van der Waals surface area contributed by atoms with Crippen LogP contribution in [0.3, 0.4) is 0 Å². The summed E-state index contributed by atoms with van der Waals surface area (Å²) >= 11 is 5.99. The Hall–Kier alpha value is -3.64. The van der Waals surface area contributed by atoms with Gasteiger partial charge in [-0.05, 0) is 66.9 Å². The number of nitrogens with zero attached hydrogens (tertiary/aromatic N) is 3. The number of hydrogen-bond donors (Lipinski definition) is 0. The monoisotopic (exact) mass is 459 g/mol. The van der Waals surface area contributed by atoms with E-state index in [0.29, 0.717) is 46.5 Å². The minimum absolute atomic E-state index is 0.0172. The van der Waals surface area contributed by atoms with Crippen LogP contribution in [-0.4, -0.2) is 33.4 Å². The van der Waals surface area contributed by atoms with Gasteiger partial charge in [0.2, 0.25) is 5.88 Å². The molecule has 6 nitrogen and oxygen atoms in total. The maximum Gasteiger partial charge on any atom is 0.263 e. The summed E-state index contributed by atoms with van der Waals surface area (Å²) in [4.78, 5) is 23.5. The summed E-state index contributed by atoms with van der Waals surface area (Å²) in [6, 6.07) is 20.7. The summed E-state index contributed by atoms with van der Waals surface area (Å²) < 4.78 is 11.7. The second kappa shape index (κ2) is 9.08. The topological polar surface area (TPSA) is 64.5 Å². The molecule has 5 rings (SSSR count). The van der Waals surface area contributed by atoms with Crippen LogP contribution in [0.25, 0.3) is 11.0 Å². The van der Waals surface area contributed by atoms with Crippen molar-refractivity contribution in [3.63, 3.8) is 0 Å². The van der Waals surface area contributed by atoms with E-state index in [1.54, 1.807) is 55.6 Å². The molecular weight excluding hydrogens is 438 g/mol. The number of carbonyl (C=O) groups excluding carboxylic acids is 1. The minimum atomic E-state index is -0.583. The molecule has 2 heterocycles. The van der Waals surface area contributed by atoms with E-state index in [2.05, 4.69) is 22.1 Å². The van der Waals surface area contributed by atoms with Crippen LogP contribution in [0, 0.1) is 0 Å². The van der Waals surface area contributed by atoms with Crippen LogP contribution in [0.5, 0.6) is 17.4 Å². The summed E-state index contributed by atoms with van der Waals surface area (Å²) in [6.07, 6.45) is 1.84. The van der Waals surface area contributed by atoms with Crippen molar-refractivity contribution in [1.82, 2.24) is 14.9 Å². The average Bonchev–Trinajstić information content (AvgIpc) is 2.84. The Balaban J connectivity index is 1.21. The zero-order chi connectivity index (χ0) is 22.8. The Labute approximate surface area is 196 Å². The van der Waals surface area contributed by atoms with Gasteiger partial charge in [-0.3, -0.25) is 4.79 Å². The summed E-state index contributed by atoms with van der Waals surface area (Å²) in [7, 11) is 0.